The lowest BCUT2D eigenvalue weighted by Gasteiger charge is -2.35. The largest absolute Gasteiger partial charge is 0.351 e. The van der Waals surface area contributed by atoms with Crippen LogP contribution < -0.4 is 15.1 Å². The number of benzene rings is 2. The van der Waals surface area contributed by atoms with Crippen molar-refractivity contribution in [2.75, 3.05) is 9.80 Å². The van der Waals surface area contributed by atoms with Gasteiger partial charge in [-0.15, -0.1) is 0 Å². The van der Waals surface area contributed by atoms with Crippen LogP contribution in [-0.4, -0.2) is 45.7 Å². The highest BCUT2D eigenvalue weighted by molar-refractivity contribution is 6.31. The fraction of sp³-hybridized carbons (Fsp3) is 0.345. The number of hydrogen-bond acceptors (Lipinski definition) is 5. The number of alkyl halides is 2. The maximum Gasteiger partial charge on any atom is 0.251 e. The summed E-state index contributed by atoms with van der Waals surface area (Å²) >= 11 is 6.50. The van der Waals surface area contributed by atoms with Crippen LogP contribution in [0.5, 0.6) is 0 Å². The summed E-state index contributed by atoms with van der Waals surface area (Å²) in [5.41, 5.74) is 0.228. The lowest BCUT2D eigenvalue weighted by Crippen LogP contribution is -2.53. The number of anilines is 2. The third-order valence-electron chi connectivity index (χ3n) is 7.04. The summed E-state index contributed by atoms with van der Waals surface area (Å²) in [4.78, 5) is 51.6. The van der Waals surface area contributed by atoms with Crippen LogP contribution in [0.15, 0.2) is 67.0 Å². The van der Waals surface area contributed by atoms with Gasteiger partial charge in [0.25, 0.3) is 5.91 Å². The minimum absolute atomic E-state index is 0. The fourth-order valence-corrected chi connectivity index (χ4v) is 5.46. The van der Waals surface area contributed by atoms with Crippen molar-refractivity contribution in [2.45, 2.75) is 63.6 Å². The Morgan fingerprint density at radius 1 is 1.07 bits per heavy atom. The van der Waals surface area contributed by atoms with Gasteiger partial charge in [-0.25, -0.2) is 23.1 Å². The van der Waals surface area contributed by atoms with E-state index in [0.717, 1.165) is 15.9 Å². The molecule has 1 unspecified atom stereocenters. The first-order valence-corrected chi connectivity index (χ1v) is 13.1. The molecule has 5 rings (SSSR count). The zero-order valence-electron chi connectivity index (χ0n) is 21.1. The summed E-state index contributed by atoms with van der Waals surface area (Å²) in [5.74, 6) is -5.45. The van der Waals surface area contributed by atoms with Crippen molar-refractivity contribution in [3.8, 4) is 0 Å². The van der Waals surface area contributed by atoms with E-state index in [4.69, 9.17) is 11.6 Å². The molecule has 8 nitrogen and oxygen atoms in total. The first-order chi connectivity index (χ1) is 19.1. The zero-order chi connectivity index (χ0) is 28.4. The Morgan fingerprint density at radius 2 is 1.80 bits per heavy atom. The van der Waals surface area contributed by atoms with Gasteiger partial charge < -0.3 is 5.32 Å². The van der Waals surface area contributed by atoms with Crippen molar-refractivity contribution in [3.63, 3.8) is 0 Å². The third-order valence-corrected chi connectivity index (χ3v) is 7.39. The molecule has 216 valence electrons. The van der Waals surface area contributed by atoms with E-state index in [1.807, 2.05) is 0 Å². The highest BCUT2D eigenvalue weighted by Gasteiger charge is 2.46. The molecular weight excluding hydrogens is 559 g/mol. The lowest BCUT2D eigenvalue weighted by molar-refractivity contribution is -0.127. The number of hydrogen-bond donors (Lipinski definition) is 1. The molecule has 2 aliphatic rings. The summed E-state index contributed by atoms with van der Waals surface area (Å²) in [6, 6.07) is 9.54. The molecule has 1 N–H and O–H groups in total. The number of carbonyl (C=O) groups is 3. The second-order valence-electron chi connectivity index (χ2n) is 9.78. The van der Waals surface area contributed by atoms with Crippen molar-refractivity contribution in [1.82, 2.24) is 15.3 Å². The van der Waals surface area contributed by atoms with Gasteiger partial charge in [0.05, 0.1) is 0 Å². The molecule has 0 spiro atoms. The van der Waals surface area contributed by atoms with Gasteiger partial charge in [0.1, 0.15) is 17.9 Å². The Balaban J connectivity index is 0.00000387. The zero-order valence-corrected chi connectivity index (χ0v) is 21.9. The first-order valence-electron chi connectivity index (χ1n) is 12.7. The molecule has 1 aliphatic heterocycles. The molecular formula is C29H29ClF3N5O3. The average Bonchev–Trinajstić information content (AvgIpc) is 3.48. The average molecular weight is 588 g/mol. The molecule has 3 aromatic rings. The predicted molar refractivity (Wildman–Crippen MR) is 148 cm³/mol. The van der Waals surface area contributed by atoms with Crippen LogP contribution in [0, 0.1) is 5.82 Å². The van der Waals surface area contributed by atoms with E-state index in [2.05, 4.69) is 15.3 Å². The summed E-state index contributed by atoms with van der Waals surface area (Å²) in [5, 5.41) is 2.79. The topological polar surface area (TPSA) is 95.5 Å². The van der Waals surface area contributed by atoms with Gasteiger partial charge in [0.15, 0.2) is 0 Å². The summed E-state index contributed by atoms with van der Waals surface area (Å²) < 4.78 is 42.4. The van der Waals surface area contributed by atoms with Gasteiger partial charge >= 0.3 is 0 Å². The maximum absolute atomic E-state index is 14.5. The van der Waals surface area contributed by atoms with Gasteiger partial charge in [0.2, 0.25) is 23.7 Å². The van der Waals surface area contributed by atoms with Crippen molar-refractivity contribution >= 4 is 41.0 Å². The van der Waals surface area contributed by atoms with E-state index in [1.54, 1.807) is 18.2 Å². The minimum Gasteiger partial charge on any atom is -0.351 e. The Kier molecular flexibility index (Phi) is 8.96. The van der Waals surface area contributed by atoms with E-state index in [0.29, 0.717) is 0 Å². The Morgan fingerprint density at radius 3 is 2.46 bits per heavy atom. The maximum atomic E-state index is 14.5. The molecule has 1 aromatic heterocycles. The Hall–Kier alpha value is -3.99. The molecule has 41 heavy (non-hydrogen) atoms. The smallest absolute Gasteiger partial charge is 0.251 e. The van der Waals surface area contributed by atoms with Gasteiger partial charge in [-0.05, 0) is 43.2 Å². The van der Waals surface area contributed by atoms with Crippen molar-refractivity contribution < 1.29 is 27.6 Å². The van der Waals surface area contributed by atoms with Crippen LogP contribution in [0.1, 0.15) is 51.1 Å². The second-order valence-corrected chi connectivity index (χ2v) is 10.2. The number of aromatic nitrogens is 2. The van der Waals surface area contributed by atoms with E-state index >= 15 is 0 Å². The van der Waals surface area contributed by atoms with E-state index in [9.17, 15) is 27.6 Å². The van der Waals surface area contributed by atoms with E-state index in [1.165, 1.54) is 42.7 Å². The van der Waals surface area contributed by atoms with Gasteiger partial charge in [0, 0.05) is 54.0 Å². The summed E-state index contributed by atoms with van der Waals surface area (Å²) in [6.45, 7) is 0. The van der Waals surface area contributed by atoms with Crippen LogP contribution in [0.3, 0.4) is 0 Å². The number of nitrogens with one attached hydrogen (secondary N) is 1. The summed E-state index contributed by atoms with van der Waals surface area (Å²) in [6.07, 6.45) is 2.10. The molecule has 2 aromatic carbocycles. The molecule has 1 saturated carbocycles. The van der Waals surface area contributed by atoms with Crippen LogP contribution in [0.4, 0.5) is 24.8 Å². The van der Waals surface area contributed by atoms with Crippen LogP contribution in [-0.2, 0) is 14.4 Å². The van der Waals surface area contributed by atoms with E-state index in [-0.39, 0.29) is 55.3 Å². The molecule has 3 atom stereocenters. The fourth-order valence-electron chi connectivity index (χ4n) is 5.22. The molecule has 0 bridgehead atoms. The van der Waals surface area contributed by atoms with Crippen molar-refractivity contribution in [1.29, 1.82) is 0 Å². The molecule has 1 aliphatic carbocycles. The quantitative estimate of drug-likeness (QED) is 0.395. The SMILES string of the molecule is C.O=C(NC1CCC(F)(F)C1)[C@H](c1ccccc1Cl)N(C(=O)[C@@H]1CCC(=O)N1c1ncccn1)c1cccc(F)c1. The lowest BCUT2D eigenvalue weighted by atomic mass is 10.0. The Labute approximate surface area is 240 Å². The molecule has 2 heterocycles. The van der Waals surface area contributed by atoms with Gasteiger partial charge in [-0.1, -0.05) is 43.3 Å². The molecule has 2 fully saturated rings. The Bertz CT molecular complexity index is 1430. The van der Waals surface area contributed by atoms with E-state index < -0.39 is 54.0 Å². The monoisotopic (exact) mass is 587 g/mol. The number of amides is 3. The van der Waals surface area contributed by atoms with Gasteiger partial charge in [-0.3, -0.25) is 24.2 Å². The predicted octanol–water partition coefficient (Wildman–Crippen LogP) is 5.48. The van der Waals surface area contributed by atoms with Crippen LogP contribution in [0.2, 0.25) is 5.02 Å². The standard InChI is InChI=1S/C28H25ClF3N5O3.CH4/c29-21-8-2-1-7-20(21)24(25(39)35-18-11-12-28(31,32)16-18)36(19-6-3-5-17(30)15-19)26(40)22-9-10-23(38)37(22)27-33-13-4-14-34-27;/h1-8,13-15,18,22,24H,9-12,16H2,(H,35,39);1H4/t18?,22-,24-;/m0./s1. The highest BCUT2D eigenvalue weighted by Crippen LogP contribution is 2.38. The second kappa shape index (κ2) is 12.3. The first kappa shape index (κ1) is 30.0. The number of rotatable bonds is 7. The number of halogens is 4. The summed E-state index contributed by atoms with van der Waals surface area (Å²) in [7, 11) is 0. The minimum atomic E-state index is -2.92. The molecule has 12 heteroatoms. The van der Waals surface area contributed by atoms with Crippen LogP contribution >= 0.6 is 11.6 Å². The normalized spacial score (nSPS) is 20.3. The van der Waals surface area contributed by atoms with Gasteiger partial charge in [-0.2, -0.15) is 0 Å². The highest BCUT2D eigenvalue weighted by atomic mass is 35.5. The van der Waals surface area contributed by atoms with Crippen molar-refractivity contribution in [3.05, 3.63) is 83.4 Å². The molecule has 1 saturated heterocycles. The molecule has 3 amide bonds. The number of carbonyl (C=O) groups excluding carboxylic acids is 3. The third kappa shape index (κ3) is 6.35. The van der Waals surface area contributed by atoms with Crippen LogP contribution in [0.25, 0.3) is 0 Å². The molecule has 0 radical (unpaired) electrons. The van der Waals surface area contributed by atoms with Crippen molar-refractivity contribution in [2.24, 2.45) is 0 Å². The number of nitrogens with zero attached hydrogens (tertiary/aromatic N) is 4.